The van der Waals surface area contributed by atoms with Crippen molar-refractivity contribution in [2.45, 2.75) is 74.6 Å². The first kappa shape index (κ1) is 46.4. The maximum atomic E-state index is 10.7. The van der Waals surface area contributed by atoms with Crippen LogP contribution in [0.4, 0.5) is 0 Å². The molecule has 2 aliphatic rings. The Morgan fingerprint density at radius 1 is 1.05 bits per heavy atom. The van der Waals surface area contributed by atoms with Gasteiger partial charge < -0.3 is 71.9 Å². The molecule has 0 aliphatic carbocycles. The van der Waals surface area contributed by atoms with Crippen LogP contribution in [0.25, 0.3) is 20.9 Å². The summed E-state index contributed by atoms with van der Waals surface area (Å²) < 4.78 is 9.31. The fraction of sp³-hybridized carbons (Fsp3) is 0.778. The largest absolute Gasteiger partial charge is 1.00 e. The van der Waals surface area contributed by atoms with Crippen LogP contribution in [0, 0.1) is 0 Å². The molecule has 9 atom stereocenters. The first-order valence-electron chi connectivity index (χ1n) is 10.6. The van der Waals surface area contributed by atoms with Crippen molar-refractivity contribution in [2.75, 3.05) is 13.1 Å². The van der Waals surface area contributed by atoms with Crippen molar-refractivity contribution in [3.63, 3.8) is 0 Å². The Bertz CT molecular complexity index is 981. The van der Waals surface area contributed by atoms with Crippen molar-refractivity contribution in [1.29, 1.82) is 0 Å². The molecule has 0 amide bonds. The third-order valence-corrected chi connectivity index (χ3v) is 4.89. The number of Topliss-reactive ketones (excluding diaryl/α,β-unsaturated/α-hetero) is 2. The number of ketones is 2. The number of rotatable bonds is 9. The van der Waals surface area contributed by atoms with Gasteiger partial charge >= 0.3 is 35.5 Å². The molecule has 42 heavy (non-hydrogen) atoms. The van der Waals surface area contributed by atoms with E-state index in [4.69, 9.17) is 31.5 Å². The fourth-order valence-electron chi connectivity index (χ4n) is 2.93. The quantitative estimate of drug-likeness (QED) is 0.0287. The van der Waals surface area contributed by atoms with Crippen LogP contribution in [0.15, 0.2) is 10.2 Å². The molecular formula is C18H32N7NaO16. The van der Waals surface area contributed by atoms with Gasteiger partial charge in [-0.05, 0) is 18.0 Å². The van der Waals surface area contributed by atoms with Gasteiger partial charge in [0.2, 0.25) is 11.6 Å². The molecule has 0 aromatic carbocycles. The van der Waals surface area contributed by atoms with E-state index in [9.17, 15) is 44.7 Å². The van der Waals surface area contributed by atoms with Crippen LogP contribution in [-0.2, 0) is 28.7 Å². The Morgan fingerprint density at radius 3 is 1.93 bits per heavy atom. The summed E-state index contributed by atoms with van der Waals surface area (Å²) in [6.07, 6.45) is -12.5. The minimum absolute atomic E-state index is 0. The van der Waals surface area contributed by atoms with Crippen molar-refractivity contribution in [3.05, 3.63) is 20.9 Å². The molecule has 236 valence electrons. The molecule has 0 bridgehead atoms. The van der Waals surface area contributed by atoms with Gasteiger partial charge in [0, 0.05) is 16.2 Å². The van der Waals surface area contributed by atoms with Gasteiger partial charge in [-0.1, -0.05) is 10.2 Å². The predicted octanol–water partition coefficient (Wildman–Crippen LogP) is -7.83. The Labute approximate surface area is 257 Å². The van der Waals surface area contributed by atoms with E-state index in [2.05, 4.69) is 29.5 Å². The number of ether oxygens (including phenoxy) is 2. The topological polar surface area (TPSA) is 436 Å². The van der Waals surface area contributed by atoms with E-state index in [1.807, 2.05) is 0 Å². The third-order valence-electron chi connectivity index (χ3n) is 4.89. The molecule has 2 fully saturated rings. The monoisotopic (exact) mass is 625 g/mol. The molecule has 13 N–H and O–H groups in total. The van der Waals surface area contributed by atoms with E-state index < -0.39 is 97.7 Å². The second-order valence-corrected chi connectivity index (χ2v) is 7.96. The number of hydrogen-bond acceptors (Lipinski definition) is 17. The van der Waals surface area contributed by atoms with Crippen LogP contribution < -0.4 is 40.8 Å². The summed E-state index contributed by atoms with van der Waals surface area (Å²) in [4.78, 5) is 45.4. The Morgan fingerprint density at radius 2 is 1.57 bits per heavy atom. The third kappa shape index (κ3) is 15.1. The van der Waals surface area contributed by atoms with Gasteiger partial charge in [-0.25, -0.2) is 4.79 Å². The van der Waals surface area contributed by atoms with Crippen molar-refractivity contribution < 1.29 is 110 Å². The molecule has 3 unspecified atom stereocenters. The summed E-state index contributed by atoms with van der Waals surface area (Å²) in [5.41, 5.74) is 16.0. The van der Waals surface area contributed by atoms with Gasteiger partial charge in [0.05, 0.1) is 37.8 Å². The average Bonchev–Trinajstić information content (AvgIpc) is 3.10. The summed E-state index contributed by atoms with van der Waals surface area (Å²) in [5.74, 6) is -7.86. The van der Waals surface area contributed by atoms with Crippen LogP contribution in [0.1, 0.15) is 19.8 Å². The average molecular weight is 625 g/mol. The zero-order valence-electron chi connectivity index (χ0n) is 22.5. The number of carboxylic acid groups (broad SMARTS) is 2. The summed E-state index contributed by atoms with van der Waals surface area (Å²) in [6, 6.07) is 0. The van der Waals surface area contributed by atoms with Gasteiger partial charge in [-0.3, -0.25) is 9.59 Å². The Hall–Kier alpha value is -2.54. The molecule has 24 heteroatoms. The molecule has 0 saturated carbocycles. The van der Waals surface area contributed by atoms with E-state index in [0.29, 0.717) is 0 Å². The standard InChI is InChI=1S/C8H13N3O7.C5H9N3O4.C5H6O4.H3N.Na.H2O/c9-11-10-2-4(13)6-5(14)3(12)1-8(17,18-6)7(15)16;6-8-7-1-2-3(9)4(10)5(11)12-2;1-3(6)2-4(7)5(8)9;;;/h3-6,12-14,17H,1-2H2,(H,15,16);2-5,9-11H,1H2;2H2,1H3,(H,8,9);1H3;;1H2/q;;;;+1;/p-1/t3-,4-,5-,6?,8-;2-,3+,4?,5?;;;;/m11..../s1. The normalized spacial score (nSPS) is 29.7. The first-order chi connectivity index (χ1) is 18.0. The number of quaternary nitrogens is 1. The van der Waals surface area contributed by atoms with Crippen LogP contribution >= 0.6 is 0 Å². The van der Waals surface area contributed by atoms with Gasteiger partial charge in [0.1, 0.15) is 36.2 Å². The Balaban J connectivity index is -0.000000265. The number of carboxylic acids is 2. The summed E-state index contributed by atoms with van der Waals surface area (Å²) in [7, 11) is 0. The van der Waals surface area contributed by atoms with Crippen LogP contribution in [0.3, 0.4) is 0 Å². The Kier molecular flexibility index (Phi) is 24.4. The number of azide groups is 2. The van der Waals surface area contributed by atoms with E-state index >= 15 is 0 Å². The molecule has 2 rings (SSSR count). The van der Waals surface area contributed by atoms with E-state index in [-0.39, 0.29) is 47.7 Å². The summed E-state index contributed by atoms with van der Waals surface area (Å²) in [6.45, 7) is 0.542. The van der Waals surface area contributed by atoms with Gasteiger partial charge in [-0.2, -0.15) is 0 Å². The van der Waals surface area contributed by atoms with Crippen LogP contribution in [0.5, 0.6) is 0 Å². The van der Waals surface area contributed by atoms with E-state index in [1.54, 1.807) is 0 Å². The van der Waals surface area contributed by atoms with E-state index in [1.165, 1.54) is 6.92 Å². The zero-order valence-corrected chi connectivity index (χ0v) is 24.5. The number of hydrogen-bond donors (Lipinski definition) is 9. The zero-order chi connectivity index (χ0) is 30.5. The molecule has 0 aromatic heterocycles. The SMILES string of the molecule is CC(=O)CC(=O)C(=O)O.[N-]=[N+]=NC[C@@H](O)C1O[C@@](O)(C(=O)[O-])C[C@@H](O)[C@H]1O.[N-]=[N+]=NC[C@H]1OC(O)C(O)[C@H]1O.[NH4+].[Na+].[OH-]. The van der Waals surface area contributed by atoms with Crippen LogP contribution in [-0.4, -0.2) is 138 Å². The minimum atomic E-state index is -2.82. The van der Waals surface area contributed by atoms with Gasteiger partial charge in [0.25, 0.3) is 0 Å². The van der Waals surface area contributed by atoms with Gasteiger partial charge in [-0.15, -0.1) is 0 Å². The minimum Gasteiger partial charge on any atom is -0.870 e. The fourth-order valence-corrected chi connectivity index (χ4v) is 2.93. The predicted molar refractivity (Wildman–Crippen MR) is 124 cm³/mol. The number of aliphatic hydroxyl groups is 7. The number of carbonyl (C=O) groups is 4. The number of aliphatic carboxylic acids is 2. The number of aliphatic hydroxyl groups excluding tert-OH is 6. The number of carbonyl (C=O) groups excluding carboxylic acids is 3. The first-order valence-corrected chi connectivity index (χ1v) is 10.6. The molecule has 0 aromatic rings. The van der Waals surface area contributed by atoms with E-state index in [0.717, 1.165) is 0 Å². The number of nitrogens with zero attached hydrogens (tertiary/aromatic N) is 6. The van der Waals surface area contributed by atoms with Crippen molar-refractivity contribution >= 4 is 23.5 Å². The summed E-state index contributed by atoms with van der Waals surface area (Å²) in [5, 5.41) is 89.7. The molecule has 2 saturated heterocycles. The molecule has 2 heterocycles. The smallest absolute Gasteiger partial charge is 0.870 e. The molecule has 2 aliphatic heterocycles. The maximum Gasteiger partial charge on any atom is 1.00 e. The van der Waals surface area contributed by atoms with Gasteiger partial charge in [0.15, 0.2) is 6.29 Å². The van der Waals surface area contributed by atoms with Crippen molar-refractivity contribution in [2.24, 2.45) is 10.2 Å². The maximum absolute atomic E-state index is 10.7. The molecule has 0 spiro atoms. The molecular weight excluding hydrogens is 593 g/mol. The van der Waals surface area contributed by atoms with Crippen molar-refractivity contribution in [3.8, 4) is 0 Å². The van der Waals surface area contributed by atoms with Crippen molar-refractivity contribution in [1.82, 2.24) is 6.15 Å². The van der Waals surface area contributed by atoms with Crippen LogP contribution in [0.2, 0.25) is 0 Å². The molecule has 23 nitrogen and oxygen atoms in total. The second-order valence-electron chi connectivity index (χ2n) is 7.96. The molecule has 0 radical (unpaired) electrons. The second kappa shape index (κ2) is 22.1. The summed E-state index contributed by atoms with van der Waals surface area (Å²) >= 11 is 0.